The van der Waals surface area contributed by atoms with Gasteiger partial charge in [-0.15, -0.1) is 0 Å². The molecule has 1 aliphatic rings. The van der Waals surface area contributed by atoms with Crippen molar-refractivity contribution in [2.75, 3.05) is 19.3 Å². The predicted octanol–water partition coefficient (Wildman–Crippen LogP) is 1.24. The molecule has 20 heavy (non-hydrogen) atoms. The third-order valence-electron chi connectivity index (χ3n) is 3.80. The van der Waals surface area contributed by atoms with E-state index in [2.05, 4.69) is 22.9 Å². The molecule has 1 fully saturated rings. The van der Waals surface area contributed by atoms with E-state index in [9.17, 15) is 8.42 Å². The van der Waals surface area contributed by atoms with E-state index in [1.165, 1.54) is 11.8 Å². The van der Waals surface area contributed by atoms with Crippen molar-refractivity contribution in [3.63, 3.8) is 0 Å². The van der Waals surface area contributed by atoms with Gasteiger partial charge in [-0.2, -0.15) is 4.31 Å². The summed E-state index contributed by atoms with van der Waals surface area (Å²) in [4.78, 5) is 6.54. The second kappa shape index (κ2) is 5.79. The van der Waals surface area contributed by atoms with E-state index in [0.717, 1.165) is 18.7 Å². The monoisotopic (exact) mass is 297 g/mol. The Morgan fingerprint density at radius 2 is 1.95 bits per heavy atom. The number of rotatable bonds is 3. The Morgan fingerprint density at radius 3 is 2.55 bits per heavy atom. The lowest BCUT2D eigenvalue weighted by Gasteiger charge is -2.42. The fourth-order valence-electron chi connectivity index (χ4n) is 2.79. The zero-order chi connectivity index (χ0) is 14.9. The summed E-state index contributed by atoms with van der Waals surface area (Å²) in [7, 11) is -3.12. The number of aromatic nitrogens is 1. The van der Waals surface area contributed by atoms with E-state index in [1.54, 1.807) is 4.31 Å². The number of pyridine rings is 1. The van der Waals surface area contributed by atoms with Gasteiger partial charge in [0, 0.05) is 44.1 Å². The molecule has 1 aromatic heterocycles. The molecule has 0 aliphatic carbocycles. The Labute approximate surface area is 121 Å². The summed E-state index contributed by atoms with van der Waals surface area (Å²) >= 11 is 0. The van der Waals surface area contributed by atoms with Crippen LogP contribution in [0.3, 0.4) is 0 Å². The van der Waals surface area contributed by atoms with Crippen LogP contribution in [0, 0.1) is 6.92 Å². The molecule has 0 spiro atoms. The molecule has 0 bridgehead atoms. The largest absolute Gasteiger partial charge is 0.293 e. The summed E-state index contributed by atoms with van der Waals surface area (Å²) in [6.45, 7) is 8.20. The smallest absolute Gasteiger partial charge is 0.211 e. The van der Waals surface area contributed by atoms with E-state index >= 15 is 0 Å². The predicted molar refractivity (Wildman–Crippen MR) is 79.9 cm³/mol. The van der Waals surface area contributed by atoms with E-state index in [1.807, 2.05) is 26.2 Å². The topological polar surface area (TPSA) is 53.5 Å². The molecule has 2 atom stereocenters. The molecule has 2 heterocycles. The first-order valence-electron chi connectivity index (χ1n) is 6.89. The molecule has 1 aliphatic heterocycles. The van der Waals surface area contributed by atoms with Gasteiger partial charge in [0.2, 0.25) is 10.0 Å². The summed E-state index contributed by atoms with van der Waals surface area (Å²) in [6, 6.07) is 2.35. The highest BCUT2D eigenvalue weighted by Gasteiger charge is 2.33. The molecule has 0 N–H and O–H groups in total. The van der Waals surface area contributed by atoms with Crippen LogP contribution in [0.25, 0.3) is 0 Å². The lowest BCUT2D eigenvalue weighted by atomic mass is 10.1. The first-order chi connectivity index (χ1) is 9.27. The molecular formula is C14H23N3O2S. The van der Waals surface area contributed by atoms with Gasteiger partial charge >= 0.3 is 0 Å². The van der Waals surface area contributed by atoms with Crippen molar-refractivity contribution in [1.29, 1.82) is 0 Å². The van der Waals surface area contributed by atoms with Crippen molar-refractivity contribution in [2.24, 2.45) is 0 Å². The van der Waals surface area contributed by atoms with Crippen molar-refractivity contribution in [1.82, 2.24) is 14.2 Å². The molecule has 0 saturated carbocycles. The summed E-state index contributed by atoms with van der Waals surface area (Å²) in [6.07, 6.45) is 5.01. The van der Waals surface area contributed by atoms with Crippen molar-refractivity contribution in [3.05, 3.63) is 29.6 Å². The SMILES string of the molecule is Cc1cncc(CN2C[C@H](C)N(S(C)(=O)=O)C[C@H]2C)c1. The number of hydrogen-bond acceptors (Lipinski definition) is 4. The molecule has 6 heteroatoms. The van der Waals surface area contributed by atoms with Gasteiger partial charge in [0.05, 0.1) is 6.26 Å². The van der Waals surface area contributed by atoms with E-state index in [0.29, 0.717) is 6.54 Å². The van der Waals surface area contributed by atoms with Gasteiger partial charge in [-0.1, -0.05) is 6.07 Å². The number of aryl methyl sites for hydroxylation is 1. The van der Waals surface area contributed by atoms with Crippen LogP contribution in [0.1, 0.15) is 25.0 Å². The fourth-order valence-corrected chi connectivity index (χ4v) is 3.99. The average Bonchev–Trinajstić information content (AvgIpc) is 2.32. The Morgan fingerprint density at radius 1 is 1.25 bits per heavy atom. The number of piperazine rings is 1. The highest BCUT2D eigenvalue weighted by molar-refractivity contribution is 7.88. The number of sulfonamides is 1. The highest BCUT2D eigenvalue weighted by atomic mass is 32.2. The molecule has 2 rings (SSSR count). The van der Waals surface area contributed by atoms with Crippen LogP contribution in [-0.4, -0.2) is 54.0 Å². The lowest BCUT2D eigenvalue weighted by molar-refractivity contribution is 0.0868. The number of hydrogen-bond donors (Lipinski definition) is 0. The van der Waals surface area contributed by atoms with Crippen LogP contribution < -0.4 is 0 Å². The number of nitrogens with zero attached hydrogens (tertiary/aromatic N) is 3. The summed E-state index contributed by atoms with van der Waals surface area (Å²) in [5, 5.41) is 0. The molecule has 0 amide bonds. The quantitative estimate of drug-likeness (QED) is 0.842. The minimum atomic E-state index is -3.12. The van der Waals surface area contributed by atoms with E-state index < -0.39 is 10.0 Å². The van der Waals surface area contributed by atoms with E-state index in [4.69, 9.17) is 0 Å². The van der Waals surface area contributed by atoms with Crippen molar-refractivity contribution in [3.8, 4) is 0 Å². The maximum Gasteiger partial charge on any atom is 0.211 e. The third kappa shape index (κ3) is 3.56. The van der Waals surface area contributed by atoms with Crippen LogP contribution in [0.15, 0.2) is 18.5 Å². The van der Waals surface area contributed by atoms with Crippen molar-refractivity contribution >= 4 is 10.0 Å². The second-order valence-electron chi connectivity index (χ2n) is 5.83. The zero-order valence-electron chi connectivity index (χ0n) is 12.6. The summed E-state index contributed by atoms with van der Waals surface area (Å²) < 4.78 is 25.1. The first-order valence-corrected chi connectivity index (χ1v) is 8.73. The van der Waals surface area contributed by atoms with Gasteiger partial charge < -0.3 is 0 Å². The van der Waals surface area contributed by atoms with Crippen LogP contribution in [0.4, 0.5) is 0 Å². The zero-order valence-corrected chi connectivity index (χ0v) is 13.4. The Balaban J connectivity index is 2.09. The molecule has 1 saturated heterocycles. The maximum atomic E-state index is 11.7. The van der Waals surface area contributed by atoms with Crippen molar-refractivity contribution in [2.45, 2.75) is 39.4 Å². The maximum absolute atomic E-state index is 11.7. The van der Waals surface area contributed by atoms with Crippen molar-refractivity contribution < 1.29 is 8.42 Å². The molecule has 0 aromatic carbocycles. The van der Waals surface area contributed by atoms with Crippen LogP contribution >= 0.6 is 0 Å². The van der Waals surface area contributed by atoms with Gasteiger partial charge in [-0.3, -0.25) is 9.88 Å². The van der Waals surface area contributed by atoms with Crippen LogP contribution in [0.5, 0.6) is 0 Å². The Bertz CT molecular complexity index is 574. The molecule has 1 aromatic rings. The third-order valence-corrected chi connectivity index (χ3v) is 5.16. The molecule has 0 unspecified atom stereocenters. The van der Waals surface area contributed by atoms with Gasteiger partial charge in [-0.25, -0.2) is 8.42 Å². The normalized spacial score (nSPS) is 25.8. The molecule has 5 nitrogen and oxygen atoms in total. The van der Waals surface area contributed by atoms with Crippen LogP contribution in [0.2, 0.25) is 0 Å². The lowest BCUT2D eigenvalue weighted by Crippen LogP contribution is -2.57. The molecule has 0 radical (unpaired) electrons. The first kappa shape index (κ1) is 15.4. The minimum Gasteiger partial charge on any atom is -0.293 e. The second-order valence-corrected chi connectivity index (χ2v) is 7.77. The van der Waals surface area contributed by atoms with E-state index in [-0.39, 0.29) is 12.1 Å². The molecular weight excluding hydrogens is 274 g/mol. The summed E-state index contributed by atoms with van der Waals surface area (Å²) in [5.74, 6) is 0. The van der Waals surface area contributed by atoms with Gasteiger partial charge in [-0.05, 0) is 31.9 Å². The van der Waals surface area contributed by atoms with Gasteiger partial charge in [0.25, 0.3) is 0 Å². The van der Waals surface area contributed by atoms with Gasteiger partial charge in [0.1, 0.15) is 0 Å². The fraction of sp³-hybridized carbons (Fsp3) is 0.643. The van der Waals surface area contributed by atoms with Crippen LogP contribution in [-0.2, 0) is 16.6 Å². The minimum absolute atomic E-state index is 0.0129. The van der Waals surface area contributed by atoms with Gasteiger partial charge in [0.15, 0.2) is 0 Å². The standard InChI is InChI=1S/C14H23N3O2S/c1-11-5-14(7-15-6-11)10-16-8-13(3)17(9-12(16)2)20(4,18)19/h5-7,12-13H,8-10H2,1-4H3/t12-,13+/m1/s1. The molecule has 112 valence electrons. The highest BCUT2D eigenvalue weighted by Crippen LogP contribution is 2.20. The Hall–Kier alpha value is -0.980. The Kier molecular flexibility index (Phi) is 4.46. The average molecular weight is 297 g/mol. The summed E-state index contributed by atoms with van der Waals surface area (Å²) in [5.41, 5.74) is 2.33.